The van der Waals surface area contributed by atoms with Crippen molar-refractivity contribution in [2.24, 2.45) is 0 Å². The monoisotopic (exact) mass is 323 g/mol. The van der Waals surface area contributed by atoms with Crippen LogP contribution in [0.1, 0.15) is 13.3 Å². The molecule has 7 nitrogen and oxygen atoms in total. The van der Waals surface area contributed by atoms with Gasteiger partial charge in [0.25, 0.3) is 5.89 Å². The van der Waals surface area contributed by atoms with Crippen molar-refractivity contribution in [2.45, 2.75) is 25.9 Å². The van der Waals surface area contributed by atoms with E-state index in [2.05, 4.69) is 5.10 Å². The lowest BCUT2D eigenvalue weighted by molar-refractivity contribution is -0.139. The van der Waals surface area contributed by atoms with Gasteiger partial charge in [0.1, 0.15) is 0 Å². The molecule has 0 spiro atoms. The molecule has 1 atom stereocenters. The standard InChI is InChI=1S/C14H17N3O4S/c1-10-9-20-7-6-16(10)12(18)4-5-17-14(19)21-13(15-17)11-3-2-8-22-11/h2-3,8,10H,4-7,9H2,1H3/t10-/m0/s1. The van der Waals surface area contributed by atoms with Gasteiger partial charge < -0.3 is 14.1 Å². The van der Waals surface area contributed by atoms with Gasteiger partial charge in [-0.05, 0) is 18.4 Å². The zero-order valence-corrected chi connectivity index (χ0v) is 13.0. The average molecular weight is 323 g/mol. The number of morpholine rings is 1. The minimum absolute atomic E-state index is 0.00312. The summed E-state index contributed by atoms with van der Waals surface area (Å²) in [6.07, 6.45) is 0.223. The summed E-state index contributed by atoms with van der Waals surface area (Å²) in [7, 11) is 0. The SMILES string of the molecule is C[C@H]1COCCN1C(=O)CCn1nc(-c2cccs2)oc1=O. The molecule has 2 aromatic rings. The van der Waals surface area contributed by atoms with Crippen LogP contribution in [0.2, 0.25) is 0 Å². The van der Waals surface area contributed by atoms with Gasteiger partial charge in [-0.25, -0.2) is 4.79 Å². The maximum atomic E-state index is 12.2. The van der Waals surface area contributed by atoms with Crippen LogP contribution in [-0.4, -0.2) is 46.4 Å². The van der Waals surface area contributed by atoms with Crippen LogP contribution in [0.3, 0.4) is 0 Å². The molecular weight excluding hydrogens is 306 g/mol. The first kappa shape index (κ1) is 15.0. The highest BCUT2D eigenvalue weighted by atomic mass is 32.1. The lowest BCUT2D eigenvalue weighted by Gasteiger charge is -2.33. The van der Waals surface area contributed by atoms with Crippen molar-refractivity contribution >= 4 is 17.2 Å². The first-order valence-corrected chi connectivity index (χ1v) is 8.02. The molecule has 2 aromatic heterocycles. The van der Waals surface area contributed by atoms with E-state index in [1.54, 1.807) is 4.90 Å². The lowest BCUT2D eigenvalue weighted by Crippen LogP contribution is -2.47. The Labute approximate surface area is 131 Å². The highest BCUT2D eigenvalue weighted by Crippen LogP contribution is 2.21. The molecule has 3 heterocycles. The predicted octanol–water partition coefficient (Wildman–Crippen LogP) is 1.20. The Balaban J connectivity index is 1.64. The number of hydrogen-bond donors (Lipinski definition) is 0. The summed E-state index contributed by atoms with van der Waals surface area (Å²) in [6.45, 7) is 3.87. The molecule has 0 aromatic carbocycles. The summed E-state index contributed by atoms with van der Waals surface area (Å²) in [5, 5.41) is 6.03. The molecule has 8 heteroatoms. The van der Waals surface area contributed by atoms with Crippen LogP contribution in [0.15, 0.2) is 26.7 Å². The molecule has 0 N–H and O–H groups in total. The second-order valence-electron chi connectivity index (χ2n) is 5.13. The van der Waals surface area contributed by atoms with E-state index in [0.717, 1.165) is 4.88 Å². The molecule has 0 unspecified atom stereocenters. The van der Waals surface area contributed by atoms with E-state index >= 15 is 0 Å². The van der Waals surface area contributed by atoms with Crippen LogP contribution in [0.25, 0.3) is 10.8 Å². The molecule has 0 saturated carbocycles. The van der Waals surface area contributed by atoms with Crippen molar-refractivity contribution in [3.63, 3.8) is 0 Å². The minimum Gasteiger partial charge on any atom is -0.387 e. The molecule has 0 bridgehead atoms. The lowest BCUT2D eigenvalue weighted by atomic mass is 10.2. The number of nitrogens with zero attached hydrogens (tertiary/aromatic N) is 3. The highest BCUT2D eigenvalue weighted by molar-refractivity contribution is 7.13. The zero-order chi connectivity index (χ0) is 15.5. The van der Waals surface area contributed by atoms with Gasteiger partial charge in [0.05, 0.1) is 30.7 Å². The molecular formula is C14H17N3O4S. The summed E-state index contributed by atoms with van der Waals surface area (Å²) < 4.78 is 11.6. The summed E-state index contributed by atoms with van der Waals surface area (Å²) in [5.41, 5.74) is 0. The average Bonchev–Trinajstić information content (AvgIpc) is 3.15. The van der Waals surface area contributed by atoms with E-state index < -0.39 is 5.76 Å². The van der Waals surface area contributed by atoms with Crippen molar-refractivity contribution in [1.82, 2.24) is 14.7 Å². The Morgan fingerprint density at radius 1 is 1.55 bits per heavy atom. The van der Waals surface area contributed by atoms with E-state index in [1.807, 2.05) is 24.4 Å². The third-order valence-corrected chi connectivity index (χ3v) is 4.42. The molecule has 0 aliphatic carbocycles. The number of rotatable bonds is 4. The highest BCUT2D eigenvalue weighted by Gasteiger charge is 2.23. The van der Waals surface area contributed by atoms with Gasteiger partial charge in [-0.1, -0.05) is 6.07 Å². The summed E-state index contributed by atoms with van der Waals surface area (Å²) in [6, 6.07) is 3.76. The maximum Gasteiger partial charge on any atom is 0.437 e. The quantitative estimate of drug-likeness (QED) is 0.845. The Morgan fingerprint density at radius 3 is 3.14 bits per heavy atom. The van der Waals surface area contributed by atoms with Gasteiger partial charge >= 0.3 is 5.76 Å². The van der Waals surface area contributed by atoms with Gasteiger partial charge in [-0.3, -0.25) is 4.79 Å². The first-order chi connectivity index (χ1) is 10.6. The summed E-state index contributed by atoms with van der Waals surface area (Å²) in [5.74, 6) is -0.234. The van der Waals surface area contributed by atoms with E-state index in [-0.39, 0.29) is 24.9 Å². The topological polar surface area (TPSA) is 77.6 Å². The number of thiophene rings is 1. The van der Waals surface area contributed by atoms with Crippen molar-refractivity contribution in [2.75, 3.05) is 19.8 Å². The Bertz CT molecular complexity index is 691. The fourth-order valence-corrected chi connectivity index (χ4v) is 3.03. The second-order valence-corrected chi connectivity index (χ2v) is 6.08. The molecule has 1 aliphatic heterocycles. The summed E-state index contributed by atoms with van der Waals surface area (Å²) in [4.78, 5) is 26.6. The van der Waals surface area contributed by atoms with Gasteiger partial charge in [0, 0.05) is 13.0 Å². The molecule has 3 rings (SSSR count). The number of carbonyl (C=O) groups excluding carboxylic acids is 1. The molecule has 22 heavy (non-hydrogen) atoms. The minimum atomic E-state index is -0.536. The van der Waals surface area contributed by atoms with E-state index in [0.29, 0.717) is 25.6 Å². The Morgan fingerprint density at radius 2 is 2.41 bits per heavy atom. The zero-order valence-electron chi connectivity index (χ0n) is 12.2. The molecule has 1 amide bonds. The van der Waals surface area contributed by atoms with Crippen LogP contribution >= 0.6 is 11.3 Å². The van der Waals surface area contributed by atoms with Crippen LogP contribution in [0, 0.1) is 0 Å². The van der Waals surface area contributed by atoms with Crippen LogP contribution in [-0.2, 0) is 16.1 Å². The fourth-order valence-electron chi connectivity index (χ4n) is 2.39. The molecule has 1 saturated heterocycles. The Hall–Kier alpha value is -1.93. The van der Waals surface area contributed by atoms with Crippen LogP contribution in [0.4, 0.5) is 0 Å². The summed E-state index contributed by atoms with van der Waals surface area (Å²) >= 11 is 1.45. The van der Waals surface area contributed by atoms with Crippen molar-refractivity contribution in [3.8, 4) is 10.8 Å². The number of aromatic nitrogens is 2. The number of aryl methyl sites for hydroxylation is 1. The fraction of sp³-hybridized carbons (Fsp3) is 0.500. The van der Waals surface area contributed by atoms with Crippen LogP contribution < -0.4 is 5.76 Å². The predicted molar refractivity (Wildman–Crippen MR) is 80.7 cm³/mol. The smallest absolute Gasteiger partial charge is 0.387 e. The van der Waals surface area contributed by atoms with Crippen molar-refractivity contribution < 1.29 is 13.9 Å². The molecule has 118 valence electrons. The number of carbonyl (C=O) groups is 1. The largest absolute Gasteiger partial charge is 0.437 e. The van der Waals surface area contributed by atoms with Crippen LogP contribution in [0.5, 0.6) is 0 Å². The number of hydrogen-bond acceptors (Lipinski definition) is 6. The van der Waals surface area contributed by atoms with Gasteiger partial charge in [-0.15, -0.1) is 16.4 Å². The van der Waals surface area contributed by atoms with E-state index in [1.165, 1.54) is 16.0 Å². The van der Waals surface area contributed by atoms with Gasteiger partial charge in [0.2, 0.25) is 5.91 Å². The Kier molecular flexibility index (Phi) is 4.39. The van der Waals surface area contributed by atoms with Gasteiger partial charge in [0.15, 0.2) is 0 Å². The van der Waals surface area contributed by atoms with E-state index in [4.69, 9.17) is 9.15 Å². The normalized spacial score (nSPS) is 18.6. The molecule has 0 radical (unpaired) electrons. The first-order valence-electron chi connectivity index (χ1n) is 7.14. The third-order valence-electron chi connectivity index (χ3n) is 3.56. The third kappa shape index (κ3) is 3.12. The van der Waals surface area contributed by atoms with Crippen molar-refractivity contribution in [3.05, 3.63) is 28.1 Å². The van der Waals surface area contributed by atoms with E-state index in [9.17, 15) is 9.59 Å². The molecule has 1 fully saturated rings. The maximum absolute atomic E-state index is 12.2. The number of ether oxygens (including phenoxy) is 1. The molecule has 1 aliphatic rings. The number of amides is 1. The van der Waals surface area contributed by atoms with Crippen molar-refractivity contribution in [1.29, 1.82) is 0 Å². The van der Waals surface area contributed by atoms with Gasteiger partial charge in [-0.2, -0.15) is 4.68 Å². The second kappa shape index (κ2) is 6.45.